The number of ether oxygens (including phenoxy) is 1. The molecule has 1 amide bonds. The molecule has 0 radical (unpaired) electrons. The number of carbonyl (C=O) groups excluding carboxylic acids is 2. The maximum absolute atomic E-state index is 12.0. The van der Waals surface area contributed by atoms with Gasteiger partial charge in [0.05, 0.1) is 5.69 Å². The van der Waals surface area contributed by atoms with Crippen LogP contribution < -0.4 is 14.8 Å². The van der Waals surface area contributed by atoms with Crippen LogP contribution in [0.15, 0.2) is 54.6 Å². The number of carbonyl (C=O) groups is 2. The maximum atomic E-state index is 12.0. The van der Waals surface area contributed by atoms with E-state index in [1.807, 2.05) is 35.1 Å². The topological polar surface area (TPSA) is 119 Å². The molecule has 0 bridgehead atoms. The third kappa shape index (κ3) is 4.63. The molecule has 2 aromatic rings. The Kier molecular flexibility index (Phi) is 5.43. The van der Waals surface area contributed by atoms with Crippen LogP contribution in [0.2, 0.25) is 0 Å². The molecule has 3 rings (SSSR count). The van der Waals surface area contributed by atoms with Crippen LogP contribution in [0.5, 0.6) is 0 Å². The maximum Gasteiger partial charge on any atom is 0.326 e. The molecule has 1 aliphatic heterocycles. The fourth-order valence-electron chi connectivity index (χ4n) is 2.65. The first-order chi connectivity index (χ1) is 12.8. The number of nitrogens with one attached hydrogen (secondary N) is 1. The zero-order valence-corrected chi connectivity index (χ0v) is 15.2. The van der Waals surface area contributed by atoms with E-state index in [4.69, 9.17) is 10.5 Å². The van der Waals surface area contributed by atoms with Gasteiger partial charge in [-0.15, -0.1) is 0 Å². The SMILES string of the molecule is NC(Cc1ccc(N2CC(=O)NS2(=O)=O)cc1)C(=O)OCc1ccccc1. The van der Waals surface area contributed by atoms with Crippen molar-refractivity contribution in [2.24, 2.45) is 5.73 Å². The fourth-order valence-corrected chi connectivity index (χ4v) is 3.80. The zero-order chi connectivity index (χ0) is 19.4. The molecule has 2 aromatic carbocycles. The third-order valence-corrected chi connectivity index (χ3v) is 5.43. The normalized spacial score (nSPS) is 16.6. The van der Waals surface area contributed by atoms with Gasteiger partial charge in [-0.25, -0.2) is 9.03 Å². The van der Waals surface area contributed by atoms with Crippen LogP contribution in [-0.4, -0.2) is 32.9 Å². The summed E-state index contributed by atoms with van der Waals surface area (Å²) in [5, 5.41) is 0. The number of hydrogen-bond acceptors (Lipinski definition) is 6. The molecule has 0 spiro atoms. The van der Waals surface area contributed by atoms with Crippen molar-refractivity contribution in [2.45, 2.75) is 19.1 Å². The smallest absolute Gasteiger partial charge is 0.326 e. The second-order valence-corrected chi connectivity index (χ2v) is 7.70. The molecule has 9 heteroatoms. The van der Waals surface area contributed by atoms with Crippen LogP contribution in [0, 0.1) is 0 Å². The number of nitrogens with two attached hydrogens (primary N) is 1. The summed E-state index contributed by atoms with van der Waals surface area (Å²) in [4.78, 5) is 23.3. The van der Waals surface area contributed by atoms with Gasteiger partial charge in [0, 0.05) is 0 Å². The third-order valence-electron chi connectivity index (χ3n) is 4.03. The molecule has 0 saturated carbocycles. The summed E-state index contributed by atoms with van der Waals surface area (Å²) in [6.45, 7) is -0.104. The Morgan fingerprint density at radius 1 is 1.11 bits per heavy atom. The molecule has 1 saturated heterocycles. The second-order valence-electron chi connectivity index (χ2n) is 6.11. The van der Waals surface area contributed by atoms with Crippen molar-refractivity contribution in [1.29, 1.82) is 0 Å². The van der Waals surface area contributed by atoms with Gasteiger partial charge in [0.2, 0.25) is 0 Å². The van der Waals surface area contributed by atoms with Crippen LogP contribution in [0.4, 0.5) is 5.69 Å². The molecule has 1 atom stereocenters. The average Bonchev–Trinajstić information content (AvgIpc) is 2.93. The molecular weight excluding hydrogens is 370 g/mol. The largest absolute Gasteiger partial charge is 0.460 e. The van der Waals surface area contributed by atoms with Crippen LogP contribution in [-0.2, 0) is 37.6 Å². The van der Waals surface area contributed by atoms with Gasteiger partial charge in [-0.05, 0) is 29.7 Å². The summed E-state index contributed by atoms with van der Waals surface area (Å²) >= 11 is 0. The predicted molar refractivity (Wildman–Crippen MR) is 98.8 cm³/mol. The molecule has 1 fully saturated rings. The van der Waals surface area contributed by atoms with Crippen LogP contribution in [0.1, 0.15) is 11.1 Å². The van der Waals surface area contributed by atoms with E-state index in [9.17, 15) is 18.0 Å². The Hall–Kier alpha value is -2.91. The van der Waals surface area contributed by atoms with E-state index in [1.54, 1.807) is 24.3 Å². The van der Waals surface area contributed by atoms with E-state index in [1.165, 1.54) is 0 Å². The highest BCUT2D eigenvalue weighted by Crippen LogP contribution is 2.21. The lowest BCUT2D eigenvalue weighted by Gasteiger charge is -2.16. The lowest BCUT2D eigenvalue weighted by Crippen LogP contribution is -2.34. The minimum Gasteiger partial charge on any atom is -0.460 e. The second kappa shape index (κ2) is 7.77. The number of anilines is 1. The molecule has 0 aliphatic carbocycles. The number of amides is 1. The van der Waals surface area contributed by atoms with Gasteiger partial charge in [-0.1, -0.05) is 42.5 Å². The summed E-state index contributed by atoms with van der Waals surface area (Å²) in [5.41, 5.74) is 7.88. The molecule has 1 aliphatic rings. The van der Waals surface area contributed by atoms with Gasteiger partial charge in [-0.2, -0.15) is 8.42 Å². The number of benzene rings is 2. The zero-order valence-electron chi connectivity index (χ0n) is 14.4. The summed E-state index contributed by atoms with van der Waals surface area (Å²) in [7, 11) is -3.84. The predicted octanol–water partition coefficient (Wildman–Crippen LogP) is 0.481. The molecule has 27 heavy (non-hydrogen) atoms. The van der Waals surface area contributed by atoms with Crippen LogP contribution in [0.3, 0.4) is 0 Å². The first-order valence-electron chi connectivity index (χ1n) is 8.23. The van der Waals surface area contributed by atoms with Crippen molar-refractivity contribution < 1.29 is 22.7 Å². The summed E-state index contributed by atoms with van der Waals surface area (Å²) in [5.74, 6) is -1.10. The highest BCUT2D eigenvalue weighted by atomic mass is 32.2. The summed E-state index contributed by atoms with van der Waals surface area (Å²) in [6, 6.07) is 14.9. The number of nitrogens with zero attached hydrogens (tertiary/aromatic N) is 1. The first-order valence-corrected chi connectivity index (χ1v) is 9.67. The average molecular weight is 389 g/mol. The highest BCUT2D eigenvalue weighted by molar-refractivity contribution is 7.92. The minimum absolute atomic E-state index is 0.153. The molecule has 8 nitrogen and oxygen atoms in total. The van der Waals surface area contributed by atoms with E-state index >= 15 is 0 Å². The van der Waals surface area contributed by atoms with Gasteiger partial charge >= 0.3 is 16.2 Å². The van der Waals surface area contributed by atoms with E-state index in [-0.39, 0.29) is 19.6 Å². The van der Waals surface area contributed by atoms with E-state index in [0.717, 1.165) is 15.4 Å². The van der Waals surface area contributed by atoms with Gasteiger partial charge < -0.3 is 10.5 Å². The lowest BCUT2D eigenvalue weighted by molar-refractivity contribution is -0.146. The fraction of sp³-hybridized carbons (Fsp3) is 0.222. The Labute approximate surface area is 157 Å². The summed E-state index contributed by atoms with van der Waals surface area (Å²) in [6.07, 6.45) is 0.248. The lowest BCUT2D eigenvalue weighted by atomic mass is 10.1. The molecule has 3 N–H and O–H groups in total. The first kappa shape index (κ1) is 18.9. The molecular formula is C18H19N3O5S. The quantitative estimate of drug-likeness (QED) is 0.694. The van der Waals surface area contributed by atoms with Crippen molar-refractivity contribution in [2.75, 3.05) is 10.8 Å². The van der Waals surface area contributed by atoms with Gasteiger partial charge in [0.15, 0.2) is 0 Å². The molecule has 1 unspecified atom stereocenters. The minimum atomic E-state index is -3.84. The Morgan fingerprint density at radius 3 is 2.37 bits per heavy atom. The van der Waals surface area contributed by atoms with Gasteiger partial charge in [0.1, 0.15) is 19.2 Å². The van der Waals surface area contributed by atoms with Gasteiger partial charge in [0.25, 0.3) is 5.91 Å². The van der Waals surface area contributed by atoms with E-state index in [2.05, 4.69) is 0 Å². The Bertz CT molecular complexity index is 929. The Morgan fingerprint density at radius 2 is 1.78 bits per heavy atom. The van der Waals surface area contributed by atoms with Crippen LogP contribution in [0.25, 0.3) is 0 Å². The van der Waals surface area contributed by atoms with Crippen molar-refractivity contribution >= 4 is 27.8 Å². The van der Waals surface area contributed by atoms with E-state index < -0.39 is 28.1 Å². The standard InChI is InChI=1S/C18H19N3O5S/c19-16(18(23)26-12-14-4-2-1-3-5-14)10-13-6-8-15(9-7-13)21-11-17(22)20-27(21,24)25/h1-9,16H,10-12,19H2,(H,20,22). The van der Waals surface area contributed by atoms with Crippen molar-refractivity contribution in [3.8, 4) is 0 Å². The van der Waals surface area contributed by atoms with Crippen molar-refractivity contribution in [3.63, 3.8) is 0 Å². The molecule has 1 heterocycles. The van der Waals surface area contributed by atoms with Crippen LogP contribution >= 0.6 is 0 Å². The number of esters is 1. The van der Waals surface area contributed by atoms with Gasteiger partial charge in [-0.3, -0.25) is 9.59 Å². The van der Waals surface area contributed by atoms with Crippen molar-refractivity contribution in [1.82, 2.24) is 4.72 Å². The highest BCUT2D eigenvalue weighted by Gasteiger charge is 2.33. The van der Waals surface area contributed by atoms with E-state index in [0.29, 0.717) is 5.69 Å². The monoisotopic (exact) mass is 389 g/mol. The Balaban J connectivity index is 1.57. The number of hydrogen-bond donors (Lipinski definition) is 2. The number of rotatable bonds is 6. The molecule has 0 aromatic heterocycles. The molecule has 142 valence electrons. The van der Waals surface area contributed by atoms with Crippen molar-refractivity contribution in [3.05, 3.63) is 65.7 Å². The summed E-state index contributed by atoms with van der Waals surface area (Å²) < 4.78 is 31.7.